The summed E-state index contributed by atoms with van der Waals surface area (Å²) in [6.45, 7) is 3.80. The fourth-order valence-corrected chi connectivity index (χ4v) is 2.83. The van der Waals surface area contributed by atoms with E-state index in [1.54, 1.807) is 48.3 Å². The Labute approximate surface area is 174 Å². The minimum absolute atomic E-state index is 0.0341. The number of furan rings is 1. The van der Waals surface area contributed by atoms with Gasteiger partial charge in [-0.25, -0.2) is 0 Å². The van der Waals surface area contributed by atoms with E-state index in [-0.39, 0.29) is 23.5 Å². The minimum Gasteiger partial charge on any atom is -0.459 e. The number of carbonyl (C=O) groups excluding carboxylic acids is 3. The first-order chi connectivity index (χ1) is 14.3. The molecule has 2 aromatic carbocycles. The fourth-order valence-electron chi connectivity index (χ4n) is 2.83. The zero-order chi connectivity index (χ0) is 21.7. The van der Waals surface area contributed by atoms with E-state index < -0.39 is 0 Å². The summed E-state index contributed by atoms with van der Waals surface area (Å²) in [4.78, 5) is 38.0. The van der Waals surface area contributed by atoms with Crippen molar-refractivity contribution in [2.75, 3.05) is 17.7 Å². The van der Waals surface area contributed by atoms with Crippen molar-refractivity contribution in [3.8, 4) is 0 Å². The molecule has 3 aromatic rings. The van der Waals surface area contributed by atoms with E-state index in [2.05, 4.69) is 10.6 Å². The number of anilines is 2. The highest BCUT2D eigenvalue weighted by molar-refractivity contribution is 6.07. The van der Waals surface area contributed by atoms with Crippen LogP contribution in [0.4, 0.5) is 11.4 Å². The maximum Gasteiger partial charge on any atom is 0.291 e. The van der Waals surface area contributed by atoms with Crippen LogP contribution in [0.15, 0.2) is 65.3 Å². The minimum atomic E-state index is -0.386. The first-order valence-corrected chi connectivity index (χ1v) is 9.41. The third-order valence-corrected chi connectivity index (χ3v) is 4.64. The van der Waals surface area contributed by atoms with Crippen LogP contribution < -0.4 is 10.6 Å². The molecule has 0 bridgehead atoms. The van der Waals surface area contributed by atoms with Crippen molar-refractivity contribution in [3.05, 3.63) is 83.3 Å². The van der Waals surface area contributed by atoms with Gasteiger partial charge < -0.3 is 20.0 Å². The number of amides is 3. The second kappa shape index (κ2) is 9.09. The Kier molecular flexibility index (Phi) is 6.32. The molecule has 0 aliphatic rings. The van der Waals surface area contributed by atoms with E-state index in [9.17, 15) is 14.4 Å². The molecule has 7 nitrogen and oxygen atoms in total. The zero-order valence-electron chi connectivity index (χ0n) is 17.1. The van der Waals surface area contributed by atoms with Crippen LogP contribution in [0.2, 0.25) is 0 Å². The Morgan fingerprint density at radius 1 is 0.967 bits per heavy atom. The summed E-state index contributed by atoms with van der Waals surface area (Å²) in [7, 11) is 1.72. The molecule has 0 atom stereocenters. The summed E-state index contributed by atoms with van der Waals surface area (Å²) in [6, 6.07) is 15.6. The van der Waals surface area contributed by atoms with Crippen LogP contribution in [0.1, 0.15) is 39.0 Å². The van der Waals surface area contributed by atoms with Crippen molar-refractivity contribution in [1.82, 2.24) is 4.90 Å². The molecule has 0 radical (unpaired) electrons. The topological polar surface area (TPSA) is 91.7 Å². The van der Waals surface area contributed by atoms with Crippen molar-refractivity contribution in [2.24, 2.45) is 0 Å². The molecule has 1 aromatic heterocycles. The van der Waals surface area contributed by atoms with E-state index in [1.165, 1.54) is 13.2 Å². The molecule has 2 N–H and O–H groups in total. The SMILES string of the molecule is CC(=O)N(C)Cc1cccc(NC(=O)c2ccc(C)c(NC(=O)c3ccco3)c2)c1. The van der Waals surface area contributed by atoms with Crippen LogP contribution in [0.5, 0.6) is 0 Å². The number of hydrogen-bond acceptors (Lipinski definition) is 4. The maximum atomic E-state index is 12.7. The summed E-state index contributed by atoms with van der Waals surface area (Å²) in [5, 5.41) is 5.62. The molecule has 0 fully saturated rings. The first kappa shape index (κ1) is 20.9. The monoisotopic (exact) mass is 405 g/mol. The number of aryl methyl sites for hydroxylation is 1. The van der Waals surface area contributed by atoms with Gasteiger partial charge in [0.1, 0.15) is 0 Å². The van der Waals surface area contributed by atoms with E-state index in [4.69, 9.17) is 4.42 Å². The van der Waals surface area contributed by atoms with Gasteiger partial charge in [-0.05, 0) is 54.4 Å². The third kappa shape index (κ3) is 5.14. The van der Waals surface area contributed by atoms with Crippen LogP contribution in [0.25, 0.3) is 0 Å². The van der Waals surface area contributed by atoms with Gasteiger partial charge in [0, 0.05) is 37.5 Å². The van der Waals surface area contributed by atoms with E-state index >= 15 is 0 Å². The smallest absolute Gasteiger partial charge is 0.291 e. The van der Waals surface area contributed by atoms with Crippen LogP contribution in [0.3, 0.4) is 0 Å². The molecule has 0 saturated heterocycles. The van der Waals surface area contributed by atoms with Gasteiger partial charge in [-0.3, -0.25) is 14.4 Å². The number of benzene rings is 2. The Morgan fingerprint density at radius 2 is 1.77 bits per heavy atom. The van der Waals surface area contributed by atoms with Gasteiger partial charge in [-0.1, -0.05) is 18.2 Å². The molecule has 3 rings (SSSR count). The van der Waals surface area contributed by atoms with Gasteiger partial charge in [0.15, 0.2) is 5.76 Å². The second-order valence-corrected chi connectivity index (χ2v) is 6.99. The van der Waals surface area contributed by atoms with Gasteiger partial charge in [0.2, 0.25) is 5.91 Å². The summed E-state index contributed by atoms with van der Waals surface area (Å²) < 4.78 is 5.10. The molecule has 30 heavy (non-hydrogen) atoms. The van der Waals surface area contributed by atoms with E-state index in [1.807, 2.05) is 25.1 Å². The lowest BCUT2D eigenvalue weighted by atomic mass is 10.1. The molecule has 3 amide bonds. The molecule has 1 heterocycles. The van der Waals surface area contributed by atoms with Gasteiger partial charge in [-0.2, -0.15) is 0 Å². The van der Waals surface area contributed by atoms with Crippen LogP contribution in [-0.2, 0) is 11.3 Å². The highest BCUT2D eigenvalue weighted by Crippen LogP contribution is 2.20. The lowest BCUT2D eigenvalue weighted by Gasteiger charge is -2.15. The Morgan fingerprint density at radius 3 is 2.47 bits per heavy atom. The molecule has 0 aliphatic carbocycles. The van der Waals surface area contributed by atoms with Crippen molar-refractivity contribution >= 4 is 29.1 Å². The highest BCUT2D eigenvalue weighted by Gasteiger charge is 2.13. The van der Waals surface area contributed by atoms with Crippen LogP contribution in [-0.4, -0.2) is 29.7 Å². The zero-order valence-corrected chi connectivity index (χ0v) is 17.1. The standard InChI is InChI=1S/C23H23N3O4/c1-15-9-10-18(13-20(15)25-23(29)21-8-5-11-30-21)22(28)24-19-7-4-6-17(12-19)14-26(3)16(2)27/h4-13H,14H2,1-3H3,(H,24,28)(H,25,29). The molecule has 0 aliphatic heterocycles. The first-order valence-electron chi connectivity index (χ1n) is 9.41. The molecule has 0 saturated carbocycles. The van der Waals surface area contributed by atoms with Gasteiger partial charge in [0.25, 0.3) is 11.8 Å². The molecule has 154 valence electrons. The van der Waals surface area contributed by atoms with Crippen LogP contribution >= 0.6 is 0 Å². The summed E-state index contributed by atoms with van der Waals surface area (Å²) in [5.41, 5.74) is 3.28. The molecule has 0 spiro atoms. The molecule has 7 heteroatoms. The van der Waals surface area contributed by atoms with Crippen molar-refractivity contribution in [3.63, 3.8) is 0 Å². The molecular formula is C23H23N3O4. The second-order valence-electron chi connectivity index (χ2n) is 6.99. The lowest BCUT2D eigenvalue weighted by molar-refractivity contribution is -0.128. The number of nitrogens with one attached hydrogen (secondary N) is 2. The van der Waals surface area contributed by atoms with Crippen molar-refractivity contribution in [1.29, 1.82) is 0 Å². The third-order valence-electron chi connectivity index (χ3n) is 4.64. The maximum absolute atomic E-state index is 12.7. The average molecular weight is 405 g/mol. The highest BCUT2D eigenvalue weighted by atomic mass is 16.3. The quantitative estimate of drug-likeness (QED) is 0.647. The van der Waals surface area contributed by atoms with E-state index in [0.717, 1.165) is 11.1 Å². The van der Waals surface area contributed by atoms with Gasteiger partial charge in [0.05, 0.1) is 6.26 Å². The van der Waals surface area contributed by atoms with Crippen molar-refractivity contribution < 1.29 is 18.8 Å². The number of nitrogens with zero attached hydrogens (tertiary/aromatic N) is 1. The van der Waals surface area contributed by atoms with E-state index in [0.29, 0.717) is 23.5 Å². The normalized spacial score (nSPS) is 10.4. The van der Waals surface area contributed by atoms with Crippen LogP contribution in [0, 0.1) is 6.92 Å². The lowest BCUT2D eigenvalue weighted by Crippen LogP contribution is -2.23. The summed E-state index contributed by atoms with van der Waals surface area (Å²) >= 11 is 0. The molecular weight excluding hydrogens is 382 g/mol. The Bertz CT molecular complexity index is 1070. The predicted octanol–water partition coefficient (Wildman–Crippen LogP) is 4.07. The predicted molar refractivity (Wildman–Crippen MR) is 114 cm³/mol. The van der Waals surface area contributed by atoms with Gasteiger partial charge in [-0.15, -0.1) is 0 Å². The molecule has 0 unspecified atom stereocenters. The summed E-state index contributed by atoms with van der Waals surface area (Å²) in [5.74, 6) is -0.534. The fraction of sp³-hybridized carbons (Fsp3) is 0.174. The number of rotatable bonds is 6. The van der Waals surface area contributed by atoms with Crippen molar-refractivity contribution in [2.45, 2.75) is 20.4 Å². The van der Waals surface area contributed by atoms with Gasteiger partial charge >= 0.3 is 0 Å². The summed E-state index contributed by atoms with van der Waals surface area (Å²) in [6.07, 6.45) is 1.42. The Hall–Kier alpha value is -3.87. The number of hydrogen-bond donors (Lipinski definition) is 2. The average Bonchev–Trinajstić information content (AvgIpc) is 3.24. The Balaban J connectivity index is 1.73. The largest absolute Gasteiger partial charge is 0.459 e. The number of carbonyl (C=O) groups is 3.